The summed E-state index contributed by atoms with van der Waals surface area (Å²) < 4.78 is 10.6. The zero-order chi connectivity index (χ0) is 20.3. The first-order valence-corrected chi connectivity index (χ1v) is 10.6. The lowest BCUT2D eigenvalue weighted by molar-refractivity contribution is 0.169. The Morgan fingerprint density at radius 1 is 1.17 bits per heavy atom. The van der Waals surface area contributed by atoms with Gasteiger partial charge in [-0.05, 0) is 30.5 Å². The first kappa shape index (κ1) is 21.2. The fourth-order valence-corrected chi connectivity index (χ4v) is 3.40. The van der Waals surface area contributed by atoms with Crippen LogP contribution in [0.5, 0.6) is 5.75 Å². The van der Waals surface area contributed by atoms with Gasteiger partial charge in [-0.3, -0.25) is 9.89 Å². The normalized spacial score (nSPS) is 15.5. The summed E-state index contributed by atoms with van der Waals surface area (Å²) in [5, 5.41) is 7.50. The average molecular weight is 400 g/mol. The molecule has 1 aliphatic heterocycles. The van der Waals surface area contributed by atoms with E-state index < -0.39 is 0 Å². The van der Waals surface area contributed by atoms with E-state index in [0.29, 0.717) is 0 Å². The van der Waals surface area contributed by atoms with Crippen molar-refractivity contribution in [2.24, 2.45) is 4.99 Å². The van der Waals surface area contributed by atoms with E-state index in [-0.39, 0.29) is 0 Å². The highest BCUT2D eigenvalue weighted by atomic mass is 16.5. The second-order valence-corrected chi connectivity index (χ2v) is 7.32. The maximum absolute atomic E-state index is 5.73. The topological polar surface area (TPSA) is 66.1 Å². The van der Waals surface area contributed by atoms with E-state index in [4.69, 9.17) is 9.26 Å². The SMILES string of the molecule is CCCCOc1ccc(CCNC(=NC)N2CCN(Cc3ccon3)CC2)cc1. The van der Waals surface area contributed by atoms with Crippen molar-refractivity contribution in [3.8, 4) is 5.75 Å². The number of benzene rings is 1. The van der Waals surface area contributed by atoms with Crippen molar-refractivity contribution < 1.29 is 9.26 Å². The Labute approximate surface area is 173 Å². The molecule has 0 saturated carbocycles. The summed E-state index contributed by atoms with van der Waals surface area (Å²) in [6, 6.07) is 10.3. The highest BCUT2D eigenvalue weighted by molar-refractivity contribution is 5.80. The van der Waals surface area contributed by atoms with Crippen LogP contribution in [0.4, 0.5) is 0 Å². The van der Waals surface area contributed by atoms with Gasteiger partial charge in [-0.1, -0.05) is 30.6 Å². The van der Waals surface area contributed by atoms with Crippen molar-refractivity contribution in [1.29, 1.82) is 0 Å². The van der Waals surface area contributed by atoms with E-state index in [1.54, 1.807) is 6.26 Å². The van der Waals surface area contributed by atoms with Crippen LogP contribution >= 0.6 is 0 Å². The van der Waals surface area contributed by atoms with E-state index in [9.17, 15) is 0 Å². The van der Waals surface area contributed by atoms with Crippen LogP contribution in [0, 0.1) is 0 Å². The maximum Gasteiger partial charge on any atom is 0.193 e. The third-order valence-electron chi connectivity index (χ3n) is 5.15. The van der Waals surface area contributed by atoms with Gasteiger partial charge in [-0.2, -0.15) is 0 Å². The highest BCUT2D eigenvalue weighted by Crippen LogP contribution is 2.13. The second kappa shape index (κ2) is 11.5. The molecule has 0 atom stereocenters. The molecule has 29 heavy (non-hydrogen) atoms. The largest absolute Gasteiger partial charge is 0.494 e. The van der Waals surface area contributed by atoms with Crippen molar-refractivity contribution in [2.45, 2.75) is 32.7 Å². The molecular formula is C22H33N5O2. The monoisotopic (exact) mass is 399 g/mol. The van der Waals surface area contributed by atoms with Crippen LogP contribution < -0.4 is 10.1 Å². The van der Waals surface area contributed by atoms with Gasteiger partial charge >= 0.3 is 0 Å². The van der Waals surface area contributed by atoms with Crippen LogP contribution in [0.15, 0.2) is 46.1 Å². The Kier molecular flexibility index (Phi) is 8.37. The van der Waals surface area contributed by atoms with Gasteiger partial charge in [0.25, 0.3) is 0 Å². The van der Waals surface area contributed by atoms with Gasteiger partial charge < -0.3 is 19.5 Å². The minimum Gasteiger partial charge on any atom is -0.494 e. The molecule has 3 rings (SSSR count). The highest BCUT2D eigenvalue weighted by Gasteiger charge is 2.20. The first-order chi connectivity index (χ1) is 14.3. The van der Waals surface area contributed by atoms with E-state index in [0.717, 1.165) is 82.5 Å². The Morgan fingerprint density at radius 2 is 1.97 bits per heavy atom. The van der Waals surface area contributed by atoms with Gasteiger partial charge in [0.05, 0.1) is 12.3 Å². The molecule has 1 aromatic heterocycles. The molecule has 2 aromatic rings. The molecule has 1 aromatic carbocycles. The van der Waals surface area contributed by atoms with Gasteiger partial charge in [-0.25, -0.2) is 0 Å². The van der Waals surface area contributed by atoms with E-state index in [1.807, 2.05) is 13.1 Å². The van der Waals surface area contributed by atoms with Crippen molar-refractivity contribution in [3.63, 3.8) is 0 Å². The summed E-state index contributed by atoms with van der Waals surface area (Å²) >= 11 is 0. The molecule has 0 spiro atoms. The molecule has 0 amide bonds. The van der Waals surface area contributed by atoms with E-state index in [1.165, 1.54) is 5.56 Å². The minimum absolute atomic E-state index is 0.791. The summed E-state index contributed by atoms with van der Waals surface area (Å²) in [5.41, 5.74) is 2.29. The number of piperazine rings is 1. The molecule has 158 valence electrons. The third kappa shape index (κ3) is 6.78. The Balaban J connectivity index is 1.37. The van der Waals surface area contributed by atoms with Gasteiger partial charge in [0.15, 0.2) is 5.96 Å². The molecule has 0 radical (unpaired) electrons. The summed E-state index contributed by atoms with van der Waals surface area (Å²) in [6.07, 6.45) is 4.84. The second-order valence-electron chi connectivity index (χ2n) is 7.32. The molecule has 7 heteroatoms. The van der Waals surface area contributed by atoms with Crippen LogP contribution in [-0.2, 0) is 13.0 Å². The molecule has 0 bridgehead atoms. The summed E-state index contributed by atoms with van der Waals surface area (Å²) in [5.74, 6) is 1.93. The summed E-state index contributed by atoms with van der Waals surface area (Å²) in [6.45, 7) is 8.57. The molecule has 1 N–H and O–H groups in total. The lowest BCUT2D eigenvalue weighted by Crippen LogP contribution is -2.52. The summed E-state index contributed by atoms with van der Waals surface area (Å²) in [4.78, 5) is 9.18. The van der Waals surface area contributed by atoms with Crippen LogP contribution in [0.1, 0.15) is 31.0 Å². The van der Waals surface area contributed by atoms with E-state index >= 15 is 0 Å². The van der Waals surface area contributed by atoms with Gasteiger partial charge in [-0.15, -0.1) is 0 Å². The molecule has 7 nitrogen and oxygen atoms in total. The fraction of sp³-hybridized carbons (Fsp3) is 0.545. The number of nitrogens with zero attached hydrogens (tertiary/aromatic N) is 4. The minimum atomic E-state index is 0.791. The van der Waals surface area contributed by atoms with Crippen molar-refractivity contribution in [1.82, 2.24) is 20.3 Å². The molecule has 1 aliphatic rings. The number of ether oxygens (including phenoxy) is 1. The van der Waals surface area contributed by atoms with E-state index in [2.05, 4.69) is 56.5 Å². The van der Waals surface area contributed by atoms with Crippen LogP contribution in [0.3, 0.4) is 0 Å². The van der Waals surface area contributed by atoms with Crippen LogP contribution in [0.2, 0.25) is 0 Å². The van der Waals surface area contributed by atoms with Crippen molar-refractivity contribution >= 4 is 5.96 Å². The molecule has 1 fully saturated rings. The number of guanidine groups is 1. The summed E-state index contributed by atoms with van der Waals surface area (Å²) in [7, 11) is 1.85. The lowest BCUT2D eigenvalue weighted by atomic mass is 10.1. The predicted octanol–water partition coefficient (Wildman–Crippen LogP) is 2.79. The van der Waals surface area contributed by atoms with Crippen LogP contribution in [0.25, 0.3) is 0 Å². The standard InChI is InChI=1S/C22H33N5O2/c1-3-4-16-28-21-7-5-19(6-8-21)9-11-24-22(23-2)27-14-12-26(13-15-27)18-20-10-17-29-25-20/h5-8,10,17H,3-4,9,11-16,18H2,1-2H3,(H,23,24). The molecule has 0 unspecified atom stereocenters. The number of hydrogen-bond acceptors (Lipinski definition) is 5. The third-order valence-corrected chi connectivity index (χ3v) is 5.15. The Morgan fingerprint density at radius 3 is 2.62 bits per heavy atom. The van der Waals surface area contributed by atoms with Gasteiger partial charge in [0.2, 0.25) is 0 Å². The number of rotatable bonds is 9. The molecule has 2 heterocycles. The Hall–Kier alpha value is -2.54. The zero-order valence-electron chi connectivity index (χ0n) is 17.6. The molecular weight excluding hydrogens is 366 g/mol. The quantitative estimate of drug-likeness (QED) is 0.397. The number of hydrogen-bond donors (Lipinski definition) is 1. The smallest absolute Gasteiger partial charge is 0.193 e. The Bertz CT molecular complexity index is 722. The van der Waals surface area contributed by atoms with Gasteiger partial charge in [0.1, 0.15) is 12.0 Å². The number of aromatic nitrogens is 1. The van der Waals surface area contributed by atoms with Crippen molar-refractivity contribution in [2.75, 3.05) is 46.4 Å². The molecule has 1 saturated heterocycles. The predicted molar refractivity (Wildman–Crippen MR) is 115 cm³/mol. The fourth-order valence-electron chi connectivity index (χ4n) is 3.40. The number of nitrogens with one attached hydrogen (secondary N) is 1. The number of aliphatic imine (C=N–C) groups is 1. The lowest BCUT2D eigenvalue weighted by Gasteiger charge is -2.36. The van der Waals surface area contributed by atoms with Crippen LogP contribution in [-0.4, -0.2) is 67.3 Å². The van der Waals surface area contributed by atoms with Gasteiger partial charge in [0, 0.05) is 52.4 Å². The number of unbranched alkanes of at least 4 members (excludes halogenated alkanes) is 1. The van der Waals surface area contributed by atoms with Crippen molar-refractivity contribution in [3.05, 3.63) is 47.9 Å². The maximum atomic E-state index is 5.73. The first-order valence-electron chi connectivity index (χ1n) is 10.6. The molecule has 0 aliphatic carbocycles. The zero-order valence-corrected chi connectivity index (χ0v) is 17.6. The average Bonchev–Trinajstić information content (AvgIpc) is 3.26.